The lowest BCUT2D eigenvalue weighted by Crippen LogP contribution is -2.37. The Morgan fingerprint density at radius 1 is 1.00 bits per heavy atom. The first-order valence-corrected chi connectivity index (χ1v) is 10.3. The van der Waals surface area contributed by atoms with Crippen LogP contribution in [0.25, 0.3) is 11.4 Å². The number of fused-ring (bicyclic) bond motifs is 1. The third-order valence-electron chi connectivity index (χ3n) is 5.78. The maximum absolute atomic E-state index is 5.50. The second-order valence-electron chi connectivity index (χ2n) is 7.71. The second-order valence-corrected chi connectivity index (χ2v) is 7.71. The predicted octanol–water partition coefficient (Wildman–Crippen LogP) is 3.05. The van der Waals surface area contributed by atoms with Gasteiger partial charge in [-0.25, -0.2) is 0 Å². The van der Waals surface area contributed by atoms with Crippen molar-refractivity contribution < 1.29 is 4.74 Å². The first-order chi connectivity index (χ1) is 13.9. The van der Waals surface area contributed by atoms with Crippen LogP contribution in [0.15, 0.2) is 23.2 Å². The van der Waals surface area contributed by atoms with E-state index in [1.807, 2.05) is 6.21 Å². The van der Waals surface area contributed by atoms with E-state index in [4.69, 9.17) is 19.7 Å². The summed E-state index contributed by atoms with van der Waals surface area (Å²) in [6.07, 6.45) is 8.18. The van der Waals surface area contributed by atoms with Crippen LogP contribution in [0.4, 0.5) is 11.9 Å². The summed E-state index contributed by atoms with van der Waals surface area (Å²) in [7, 11) is 0. The van der Waals surface area contributed by atoms with Gasteiger partial charge >= 0.3 is 0 Å². The first kappa shape index (κ1) is 17.6. The van der Waals surface area contributed by atoms with Crippen molar-refractivity contribution in [1.29, 1.82) is 0 Å². The largest absolute Gasteiger partial charge is 0.378 e. The molecule has 28 heavy (non-hydrogen) atoms. The van der Waals surface area contributed by atoms with Gasteiger partial charge in [-0.2, -0.15) is 15.0 Å². The molecule has 0 bridgehead atoms. The van der Waals surface area contributed by atoms with Gasteiger partial charge in [0, 0.05) is 36.5 Å². The lowest BCUT2D eigenvalue weighted by atomic mass is 9.96. The van der Waals surface area contributed by atoms with Crippen LogP contribution in [-0.4, -0.2) is 53.5 Å². The molecule has 1 saturated heterocycles. The van der Waals surface area contributed by atoms with Gasteiger partial charge in [-0.1, -0.05) is 37.5 Å². The Bertz CT molecular complexity index is 871. The van der Waals surface area contributed by atoms with E-state index in [2.05, 4.69) is 33.4 Å². The summed E-state index contributed by atoms with van der Waals surface area (Å²) in [6.45, 7) is 3.76. The third-order valence-corrected chi connectivity index (χ3v) is 5.78. The van der Waals surface area contributed by atoms with Crippen LogP contribution < -0.4 is 10.2 Å². The number of ether oxygens (including phenoxy) is 1. The SMILES string of the molecule is C1=NCc2cccc(-c3nc(NC4CCCCC4)nc(N4CCOCC4)n3)c21. The third kappa shape index (κ3) is 3.58. The lowest BCUT2D eigenvalue weighted by Gasteiger charge is -2.28. The fourth-order valence-corrected chi connectivity index (χ4v) is 4.22. The van der Waals surface area contributed by atoms with Gasteiger partial charge < -0.3 is 15.0 Å². The standard InChI is InChI=1S/C21H26N6O/c1-2-6-16(7-3-1)23-20-24-19(17-8-4-5-15-13-22-14-18(15)17)25-21(26-20)27-9-11-28-12-10-27/h4-5,8,14,16H,1-3,6-7,9-13H2,(H,23,24,25,26). The van der Waals surface area contributed by atoms with E-state index in [9.17, 15) is 0 Å². The zero-order chi connectivity index (χ0) is 18.8. The summed E-state index contributed by atoms with van der Waals surface area (Å²) in [5.41, 5.74) is 3.39. The minimum Gasteiger partial charge on any atom is -0.378 e. The summed E-state index contributed by atoms with van der Waals surface area (Å²) in [5.74, 6) is 2.14. The molecule has 3 aliphatic rings. The highest BCUT2D eigenvalue weighted by atomic mass is 16.5. The smallest absolute Gasteiger partial charge is 0.230 e. The zero-order valence-corrected chi connectivity index (χ0v) is 16.1. The average molecular weight is 378 g/mol. The molecule has 1 aromatic heterocycles. The van der Waals surface area contributed by atoms with Gasteiger partial charge in [-0.3, -0.25) is 4.99 Å². The van der Waals surface area contributed by atoms with Crippen molar-refractivity contribution in [1.82, 2.24) is 15.0 Å². The van der Waals surface area contributed by atoms with E-state index in [1.165, 1.54) is 37.7 Å². The van der Waals surface area contributed by atoms with E-state index in [-0.39, 0.29) is 0 Å². The molecule has 2 fully saturated rings. The highest BCUT2D eigenvalue weighted by molar-refractivity contribution is 5.93. The van der Waals surface area contributed by atoms with Crippen LogP contribution in [0.1, 0.15) is 43.2 Å². The topological polar surface area (TPSA) is 75.5 Å². The van der Waals surface area contributed by atoms with E-state index in [0.29, 0.717) is 25.2 Å². The molecule has 3 heterocycles. The van der Waals surface area contributed by atoms with E-state index >= 15 is 0 Å². The number of nitrogens with zero attached hydrogens (tertiary/aromatic N) is 5. The summed E-state index contributed by atoms with van der Waals surface area (Å²) in [4.78, 5) is 21.1. The minimum absolute atomic E-state index is 0.449. The van der Waals surface area contributed by atoms with Gasteiger partial charge in [-0.15, -0.1) is 0 Å². The van der Waals surface area contributed by atoms with Gasteiger partial charge in [0.2, 0.25) is 11.9 Å². The monoisotopic (exact) mass is 378 g/mol. The Morgan fingerprint density at radius 2 is 1.86 bits per heavy atom. The Kier molecular flexibility index (Phi) is 4.91. The van der Waals surface area contributed by atoms with Crippen molar-refractivity contribution in [3.63, 3.8) is 0 Å². The Labute approximate surface area is 165 Å². The van der Waals surface area contributed by atoms with Crippen molar-refractivity contribution in [2.75, 3.05) is 36.5 Å². The number of aliphatic imine (C=N–C) groups is 1. The summed E-state index contributed by atoms with van der Waals surface area (Å²) in [6, 6.07) is 6.72. The number of aromatic nitrogens is 3. The molecule has 1 N–H and O–H groups in total. The van der Waals surface area contributed by atoms with E-state index in [0.717, 1.165) is 42.5 Å². The molecule has 1 aromatic carbocycles. The van der Waals surface area contributed by atoms with Crippen molar-refractivity contribution in [3.8, 4) is 11.4 Å². The summed E-state index contributed by atoms with van der Waals surface area (Å²) in [5, 5.41) is 3.58. The number of nitrogens with one attached hydrogen (secondary N) is 1. The molecule has 0 radical (unpaired) electrons. The molecule has 5 rings (SSSR count). The number of hydrogen-bond acceptors (Lipinski definition) is 7. The lowest BCUT2D eigenvalue weighted by molar-refractivity contribution is 0.122. The average Bonchev–Trinajstić information content (AvgIpc) is 3.24. The van der Waals surface area contributed by atoms with Crippen LogP contribution in [0.2, 0.25) is 0 Å². The molecule has 0 amide bonds. The minimum atomic E-state index is 0.449. The van der Waals surface area contributed by atoms with Gasteiger partial charge in [0.1, 0.15) is 0 Å². The summed E-state index contributed by atoms with van der Waals surface area (Å²) >= 11 is 0. The molecule has 2 aliphatic heterocycles. The fraction of sp³-hybridized carbons (Fsp3) is 0.524. The van der Waals surface area contributed by atoms with Crippen molar-refractivity contribution in [2.45, 2.75) is 44.7 Å². The quantitative estimate of drug-likeness (QED) is 0.881. The van der Waals surface area contributed by atoms with Crippen molar-refractivity contribution in [3.05, 3.63) is 29.3 Å². The highest BCUT2D eigenvalue weighted by Gasteiger charge is 2.21. The molecule has 0 spiro atoms. The molecule has 1 aliphatic carbocycles. The number of hydrogen-bond donors (Lipinski definition) is 1. The Balaban J connectivity index is 1.53. The molecular weight excluding hydrogens is 352 g/mol. The van der Waals surface area contributed by atoms with Gasteiger partial charge in [0.05, 0.1) is 19.8 Å². The van der Waals surface area contributed by atoms with E-state index < -0.39 is 0 Å². The molecule has 7 heteroatoms. The first-order valence-electron chi connectivity index (χ1n) is 10.3. The van der Waals surface area contributed by atoms with Gasteiger partial charge in [0.25, 0.3) is 0 Å². The zero-order valence-electron chi connectivity index (χ0n) is 16.1. The maximum Gasteiger partial charge on any atom is 0.230 e. The number of rotatable bonds is 4. The van der Waals surface area contributed by atoms with Crippen LogP contribution in [0, 0.1) is 0 Å². The molecular formula is C21H26N6O. The highest BCUT2D eigenvalue weighted by Crippen LogP contribution is 2.28. The van der Waals surface area contributed by atoms with Crippen LogP contribution in [0.5, 0.6) is 0 Å². The Morgan fingerprint density at radius 3 is 2.71 bits per heavy atom. The van der Waals surface area contributed by atoms with Crippen molar-refractivity contribution in [2.24, 2.45) is 4.99 Å². The fourth-order valence-electron chi connectivity index (χ4n) is 4.22. The van der Waals surface area contributed by atoms with Gasteiger partial charge in [-0.05, 0) is 18.4 Å². The number of benzene rings is 1. The molecule has 0 atom stereocenters. The number of anilines is 2. The van der Waals surface area contributed by atoms with Crippen LogP contribution >= 0.6 is 0 Å². The summed E-state index contributed by atoms with van der Waals surface area (Å²) < 4.78 is 5.50. The number of morpholine rings is 1. The van der Waals surface area contributed by atoms with E-state index in [1.54, 1.807) is 0 Å². The maximum atomic E-state index is 5.50. The molecule has 146 valence electrons. The predicted molar refractivity (Wildman–Crippen MR) is 110 cm³/mol. The second kappa shape index (κ2) is 7.83. The normalized spacial score (nSPS) is 19.6. The molecule has 2 aromatic rings. The molecule has 7 nitrogen and oxygen atoms in total. The Hall–Kier alpha value is -2.54. The van der Waals surface area contributed by atoms with Crippen LogP contribution in [-0.2, 0) is 11.3 Å². The van der Waals surface area contributed by atoms with Gasteiger partial charge in [0.15, 0.2) is 5.82 Å². The van der Waals surface area contributed by atoms with Crippen molar-refractivity contribution >= 4 is 18.1 Å². The van der Waals surface area contributed by atoms with Crippen LogP contribution in [0.3, 0.4) is 0 Å². The molecule has 1 saturated carbocycles. The molecule has 0 unspecified atom stereocenters.